The first-order valence-electron chi connectivity index (χ1n) is 4.16. The molecule has 2 rings (SSSR count). The van der Waals surface area contributed by atoms with Crippen LogP contribution in [0.1, 0.15) is 6.92 Å². The van der Waals surface area contributed by atoms with Gasteiger partial charge in [-0.3, -0.25) is 0 Å². The van der Waals surface area contributed by atoms with Gasteiger partial charge >= 0.3 is 0 Å². The minimum Gasteiger partial charge on any atom is -0.319 e. The molecule has 66 valence electrons. The highest BCUT2D eigenvalue weighted by molar-refractivity contribution is 5.41. The van der Waals surface area contributed by atoms with E-state index in [-0.39, 0.29) is 0 Å². The van der Waals surface area contributed by atoms with Crippen LogP contribution in [0.15, 0.2) is 35.6 Å². The average molecular weight is 173 g/mol. The molecule has 1 aromatic rings. The Kier molecular flexibility index (Phi) is 1.74. The predicted molar refractivity (Wildman–Crippen MR) is 51.2 cm³/mol. The van der Waals surface area contributed by atoms with Gasteiger partial charge in [-0.1, -0.05) is 6.08 Å². The van der Waals surface area contributed by atoms with Crippen LogP contribution in [0.5, 0.6) is 0 Å². The largest absolute Gasteiger partial charge is 0.319 e. The van der Waals surface area contributed by atoms with E-state index in [2.05, 4.69) is 9.98 Å². The van der Waals surface area contributed by atoms with Crippen LogP contribution in [0.25, 0.3) is 6.08 Å². The number of nitrogens with two attached hydrogens (primary N) is 1. The highest BCUT2D eigenvalue weighted by Gasteiger charge is 2.10. The van der Waals surface area contributed by atoms with Gasteiger partial charge in [-0.25, -0.2) is 9.98 Å². The van der Waals surface area contributed by atoms with E-state index in [4.69, 9.17) is 5.73 Å². The first-order chi connectivity index (χ1) is 6.17. The molecule has 1 atom stereocenters. The molecule has 1 aliphatic heterocycles. The van der Waals surface area contributed by atoms with Crippen LogP contribution in [0.4, 0.5) is 0 Å². The number of hydrogen-bond donors (Lipinski definition) is 1. The molecule has 0 spiro atoms. The van der Waals surface area contributed by atoms with Crippen molar-refractivity contribution >= 4 is 6.08 Å². The standard InChI is InChI=1S/C10H11N3/c1-10(11)4-6-13-9-8(7-10)3-2-5-12-9/h2-7H,11H2,1H3. The van der Waals surface area contributed by atoms with E-state index < -0.39 is 5.54 Å². The Bertz CT molecular complexity index is 457. The van der Waals surface area contributed by atoms with Crippen molar-refractivity contribution in [2.45, 2.75) is 12.5 Å². The molecule has 2 heterocycles. The number of rotatable bonds is 0. The molecule has 0 bridgehead atoms. The Balaban J connectivity index is 2.77. The summed E-state index contributed by atoms with van der Waals surface area (Å²) in [4.78, 5) is 8.32. The lowest BCUT2D eigenvalue weighted by Crippen LogP contribution is -2.36. The summed E-state index contributed by atoms with van der Waals surface area (Å²) in [6, 6.07) is 3.84. The number of nitrogens with zero attached hydrogens (tertiary/aromatic N) is 2. The molecule has 1 unspecified atom stereocenters. The fourth-order valence-electron chi connectivity index (χ4n) is 1.28. The zero-order valence-corrected chi connectivity index (χ0v) is 7.44. The molecule has 0 radical (unpaired) electrons. The molecule has 1 aromatic heterocycles. The van der Waals surface area contributed by atoms with Gasteiger partial charge in [0.05, 0.1) is 5.54 Å². The zero-order valence-electron chi connectivity index (χ0n) is 7.44. The topological polar surface area (TPSA) is 51.3 Å². The highest BCUT2D eigenvalue weighted by Crippen LogP contribution is 2.03. The first-order valence-corrected chi connectivity index (χ1v) is 4.16. The Hall–Kier alpha value is -1.48. The minimum atomic E-state index is -0.433. The molecule has 0 aliphatic carbocycles. The fraction of sp³-hybridized carbons (Fsp3) is 0.200. The van der Waals surface area contributed by atoms with E-state index in [0.717, 1.165) is 10.7 Å². The molecule has 13 heavy (non-hydrogen) atoms. The SMILES string of the molecule is CC1(N)C=CN=c2ncccc2=C1. The molecule has 0 saturated carbocycles. The van der Waals surface area contributed by atoms with Crippen molar-refractivity contribution < 1.29 is 0 Å². The van der Waals surface area contributed by atoms with Crippen LogP contribution in [-0.4, -0.2) is 10.5 Å². The number of aromatic nitrogens is 1. The second-order valence-electron chi connectivity index (χ2n) is 3.37. The molecule has 2 N–H and O–H groups in total. The van der Waals surface area contributed by atoms with E-state index in [9.17, 15) is 0 Å². The summed E-state index contributed by atoms with van der Waals surface area (Å²) >= 11 is 0. The Morgan fingerprint density at radius 2 is 2.31 bits per heavy atom. The van der Waals surface area contributed by atoms with Gasteiger partial charge in [0.1, 0.15) is 0 Å². The summed E-state index contributed by atoms with van der Waals surface area (Å²) in [7, 11) is 0. The van der Waals surface area contributed by atoms with Crippen molar-refractivity contribution in [1.29, 1.82) is 0 Å². The van der Waals surface area contributed by atoms with E-state index in [1.165, 1.54) is 0 Å². The van der Waals surface area contributed by atoms with E-state index in [0.29, 0.717) is 0 Å². The third-order valence-corrected chi connectivity index (χ3v) is 1.91. The monoisotopic (exact) mass is 173 g/mol. The van der Waals surface area contributed by atoms with Crippen LogP contribution in [0, 0.1) is 0 Å². The molecular weight excluding hydrogens is 162 g/mol. The van der Waals surface area contributed by atoms with E-state index in [1.54, 1.807) is 12.4 Å². The molecule has 0 amide bonds. The molecular formula is C10H11N3. The maximum atomic E-state index is 5.96. The number of hydrogen-bond acceptors (Lipinski definition) is 3. The third kappa shape index (κ3) is 1.65. The molecule has 3 nitrogen and oxygen atoms in total. The predicted octanol–water partition coefficient (Wildman–Crippen LogP) is -0.274. The molecule has 0 saturated heterocycles. The number of pyridine rings is 1. The molecule has 1 aliphatic rings. The lowest BCUT2D eigenvalue weighted by molar-refractivity contribution is 0.776. The van der Waals surface area contributed by atoms with Crippen LogP contribution < -0.4 is 16.4 Å². The highest BCUT2D eigenvalue weighted by atomic mass is 14.8. The van der Waals surface area contributed by atoms with Crippen molar-refractivity contribution in [3.8, 4) is 0 Å². The second kappa shape index (κ2) is 2.78. The van der Waals surface area contributed by atoms with Crippen LogP contribution >= 0.6 is 0 Å². The Morgan fingerprint density at radius 1 is 1.46 bits per heavy atom. The maximum absolute atomic E-state index is 5.96. The smallest absolute Gasteiger partial charge is 0.158 e. The average Bonchev–Trinajstić information content (AvgIpc) is 2.21. The van der Waals surface area contributed by atoms with Gasteiger partial charge in [0.15, 0.2) is 5.49 Å². The summed E-state index contributed by atoms with van der Waals surface area (Å²) in [5, 5.41) is 0.984. The van der Waals surface area contributed by atoms with Crippen molar-refractivity contribution in [2.75, 3.05) is 0 Å². The van der Waals surface area contributed by atoms with Crippen molar-refractivity contribution in [3.05, 3.63) is 41.3 Å². The van der Waals surface area contributed by atoms with Gasteiger partial charge < -0.3 is 5.73 Å². The van der Waals surface area contributed by atoms with Gasteiger partial charge in [-0.2, -0.15) is 0 Å². The summed E-state index contributed by atoms with van der Waals surface area (Å²) < 4.78 is 0. The van der Waals surface area contributed by atoms with Gasteiger partial charge in [0, 0.05) is 17.6 Å². The zero-order chi connectivity index (χ0) is 9.31. The lowest BCUT2D eigenvalue weighted by Gasteiger charge is -2.12. The first kappa shape index (κ1) is 8.13. The molecule has 0 aromatic carbocycles. The summed E-state index contributed by atoms with van der Waals surface area (Å²) in [6.45, 7) is 1.93. The lowest BCUT2D eigenvalue weighted by atomic mass is 10.0. The van der Waals surface area contributed by atoms with Crippen molar-refractivity contribution in [1.82, 2.24) is 4.98 Å². The molecule has 0 fully saturated rings. The van der Waals surface area contributed by atoms with Crippen LogP contribution in [-0.2, 0) is 0 Å². The Morgan fingerprint density at radius 3 is 3.15 bits per heavy atom. The van der Waals surface area contributed by atoms with Gasteiger partial charge in [0.25, 0.3) is 0 Å². The fourth-order valence-corrected chi connectivity index (χ4v) is 1.28. The molecule has 3 heteroatoms. The van der Waals surface area contributed by atoms with Crippen molar-refractivity contribution in [3.63, 3.8) is 0 Å². The van der Waals surface area contributed by atoms with E-state index >= 15 is 0 Å². The van der Waals surface area contributed by atoms with Crippen LogP contribution in [0.2, 0.25) is 0 Å². The normalized spacial score (nSPS) is 25.4. The summed E-state index contributed by atoms with van der Waals surface area (Å²) in [5.41, 5.74) is 6.26. The van der Waals surface area contributed by atoms with Crippen molar-refractivity contribution in [2.24, 2.45) is 10.7 Å². The minimum absolute atomic E-state index is 0.433. The van der Waals surface area contributed by atoms with E-state index in [1.807, 2.05) is 31.2 Å². The van der Waals surface area contributed by atoms with Gasteiger partial charge in [-0.05, 0) is 25.1 Å². The maximum Gasteiger partial charge on any atom is 0.158 e. The number of fused-ring (bicyclic) bond motifs is 1. The van der Waals surface area contributed by atoms with Crippen LogP contribution in [0.3, 0.4) is 0 Å². The van der Waals surface area contributed by atoms with Gasteiger partial charge in [-0.15, -0.1) is 0 Å². The quantitative estimate of drug-likeness (QED) is 0.587. The Labute approximate surface area is 76.3 Å². The second-order valence-corrected chi connectivity index (χ2v) is 3.37. The summed E-state index contributed by atoms with van der Waals surface area (Å²) in [6.07, 6.45) is 7.25. The van der Waals surface area contributed by atoms with Gasteiger partial charge in [0.2, 0.25) is 0 Å². The third-order valence-electron chi connectivity index (χ3n) is 1.91. The summed E-state index contributed by atoms with van der Waals surface area (Å²) in [5.74, 6) is 0.